The molecule has 3 heterocycles. The van der Waals surface area contributed by atoms with Crippen molar-refractivity contribution >= 4 is 23.5 Å². The van der Waals surface area contributed by atoms with Crippen molar-refractivity contribution in [3.8, 4) is 0 Å². The molecule has 1 fully saturated rings. The first-order chi connectivity index (χ1) is 13.6. The van der Waals surface area contributed by atoms with Crippen LogP contribution in [-0.2, 0) is 6.18 Å². The van der Waals surface area contributed by atoms with E-state index in [0.717, 1.165) is 18.9 Å². The maximum Gasteiger partial charge on any atom is 0.433 e. The molecule has 3 rings (SSSR count). The van der Waals surface area contributed by atoms with Gasteiger partial charge in [0.1, 0.15) is 5.69 Å². The maximum absolute atomic E-state index is 12.7. The van der Waals surface area contributed by atoms with Crippen molar-refractivity contribution in [2.24, 2.45) is 5.92 Å². The van der Waals surface area contributed by atoms with Crippen molar-refractivity contribution in [2.75, 3.05) is 18.4 Å². The van der Waals surface area contributed by atoms with Crippen LogP contribution >= 0.6 is 11.8 Å². The Labute approximate surface area is 171 Å². The van der Waals surface area contributed by atoms with Gasteiger partial charge in [-0.3, -0.25) is 4.98 Å². The highest BCUT2D eigenvalue weighted by atomic mass is 32.2. The molecule has 0 saturated carbocycles. The molecule has 0 radical (unpaired) electrons. The smallest absolute Gasteiger partial charge is 0.325 e. The topological polar surface area (TPSA) is 71.0 Å². The fraction of sp³-hybridized carbons (Fsp3) is 0.474. The number of rotatable bonds is 4. The van der Waals surface area contributed by atoms with E-state index in [1.54, 1.807) is 11.0 Å². The Kier molecular flexibility index (Phi) is 6.30. The van der Waals surface area contributed by atoms with E-state index >= 15 is 0 Å². The van der Waals surface area contributed by atoms with Crippen LogP contribution in [0.25, 0.3) is 0 Å². The maximum atomic E-state index is 12.7. The molecule has 0 spiro atoms. The lowest BCUT2D eigenvalue weighted by Crippen LogP contribution is -2.44. The van der Waals surface area contributed by atoms with Gasteiger partial charge in [0.25, 0.3) is 0 Å². The van der Waals surface area contributed by atoms with Gasteiger partial charge in [-0.05, 0) is 37.0 Å². The summed E-state index contributed by atoms with van der Waals surface area (Å²) in [4.78, 5) is 18.4. The Balaban J connectivity index is 1.54. The number of amides is 2. The summed E-state index contributed by atoms with van der Waals surface area (Å²) in [5.74, 6) is 0.321. The van der Waals surface area contributed by atoms with Gasteiger partial charge in [-0.2, -0.15) is 23.4 Å². The van der Waals surface area contributed by atoms with Gasteiger partial charge in [0.2, 0.25) is 0 Å². The first kappa shape index (κ1) is 21.4. The Morgan fingerprint density at radius 3 is 2.41 bits per heavy atom. The van der Waals surface area contributed by atoms with Gasteiger partial charge in [-0.25, -0.2) is 4.79 Å². The van der Waals surface area contributed by atoms with Gasteiger partial charge in [0.15, 0.2) is 0 Å². The van der Waals surface area contributed by atoms with Crippen molar-refractivity contribution < 1.29 is 18.0 Å². The van der Waals surface area contributed by atoms with Gasteiger partial charge < -0.3 is 10.2 Å². The summed E-state index contributed by atoms with van der Waals surface area (Å²) in [6.07, 6.45) is 1.48. The van der Waals surface area contributed by atoms with E-state index in [1.807, 2.05) is 0 Å². The number of hydrogen-bond acceptors (Lipinski definition) is 5. The van der Waals surface area contributed by atoms with Crippen LogP contribution < -0.4 is 5.32 Å². The van der Waals surface area contributed by atoms with E-state index in [-0.39, 0.29) is 10.8 Å². The number of nitrogens with one attached hydrogen (secondary N) is 1. The number of nitrogens with zero attached hydrogens (tertiary/aromatic N) is 4. The van der Waals surface area contributed by atoms with Crippen LogP contribution in [0.1, 0.15) is 32.4 Å². The largest absolute Gasteiger partial charge is 0.433 e. The molecule has 6 nitrogen and oxygen atoms in total. The highest BCUT2D eigenvalue weighted by Crippen LogP contribution is 2.42. The molecular weight excluding hydrogens is 403 g/mol. The molecule has 2 aromatic rings. The number of likely N-dealkylation sites (tertiary alicyclic amines) is 1. The van der Waals surface area contributed by atoms with Crippen molar-refractivity contribution in [3.05, 3.63) is 42.5 Å². The number of urea groups is 1. The molecule has 0 atom stereocenters. The summed E-state index contributed by atoms with van der Waals surface area (Å²) in [5.41, 5.74) is -0.291. The number of thioether (sulfide) groups is 1. The SMILES string of the molecule is CC(C)(Sc1ccc(C(F)(F)F)nc1)C1CCN(C(=O)Nc2ccnnc2)CC1. The second kappa shape index (κ2) is 8.56. The van der Waals surface area contributed by atoms with Gasteiger partial charge in [-0.1, -0.05) is 13.8 Å². The van der Waals surface area contributed by atoms with Crippen LogP contribution in [0, 0.1) is 5.92 Å². The summed E-state index contributed by atoms with van der Waals surface area (Å²) in [6, 6.07) is 3.98. The Bertz CT molecular complexity index is 822. The lowest BCUT2D eigenvalue weighted by atomic mass is 9.86. The molecular formula is C19H22F3N5OS. The molecule has 1 aliphatic heterocycles. The van der Waals surface area contributed by atoms with Crippen molar-refractivity contribution in [1.29, 1.82) is 0 Å². The molecule has 2 amide bonds. The first-order valence-corrected chi connectivity index (χ1v) is 10.0. The summed E-state index contributed by atoms with van der Waals surface area (Å²) >= 11 is 1.52. The van der Waals surface area contributed by atoms with E-state index in [9.17, 15) is 18.0 Å². The van der Waals surface area contributed by atoms with Crippen LogP contribution in [-0.4, -0.2) is 43.9 Å². The highest BCUT2D eigenvalue weighted by Gasteiger charge is 2.35. The normalized spacial score (nSPS) is 16.0. The zero-order valence-electron chi connectivity index (χ0n) is 16.1. The molecule has 0 aromatic carbocycles. The van der Waals surface area contributed by atoms with Crippen LogP contribution in [0.15, 0.2) is 41.7 Å². The minimum absolute atomic E-state index is 0.172. The highest BCUT2D eigenvalue weighted by molar-refractivity contribution is 8.00. The summed E-state index contributed by atoms with van der Waals surface area (Å²) < 4.78 is 37.8. The van der Waals surface area contributed by atoms with Gasteiger partial charge in [0, 0.05) is 28.9 Å². The van der Waals surface area contributed by atoms with E-state index in [4.69, 9.17) is 0 Å². The van der Waals surface area contributed by atoms with E-state index in [0.29, 0.717) is 29.6 Å². The third-order valence-corrected chi connectivity index (χ3v) is 6.35. The zero-order valence-corrected chi connectivity index (χ0v) is 16.9. The Morgan fingerprint density at radius 2 is 1.86 bits per heavy atom. The van der Waals surface area contributed by atoms with Crippen LogP contribution in [0.5, 0.6) is 0 Å². The fourth-order valence-corrected chi connectivity index (χ4v) is 4.59. The summed E-state index contributed by atoms with van der Waals surface area (Å²) in [5, 5.41) is 10.2. The average molecular weight is 425 g/mol. The molecule has 156 valence electrons. The average Bonchev–Trinajstić information content (AvgIpc) is 2.68. The number of pyridine rings is 1. The van der Waals surface area contributed by atoms with E-state index in [2.05, 4.69) is 34.3 Å². The number of halogens is 3. The molecule has 0 unspecified atom stereocenters. The second-order valence-electron chi connectivity index (χ2n) is 7.41. The number of aromatic nitrogens is 3. The number of carbonyl (C=O) groups is 1. The molecule has 0 bridgehead atoms. The molecule has 10 heteroatoms. The molecule has 0 aliphatic carbocycles. The van der Waals surface area contributed by atoms with Gasteiger partial charge in [0.05, 0.1) is 18.1 Å². The van der Waals surface area contributed by atoms with Gasteiger partial charge >= 0.3 is 12.2 Å². The van der Waals surface area contributed by atoms with Crippen LogP contribution in [0.2, 0.25) is 0 Å². The molecule has 1 saturated heterocycles. The lowest BCUT2D eigenvalue weighted by molar-refractivity contribution is -0.141. The molecule has 1 aliphatic rings. The van der Waals surface area contributed by atoms with Crippen LogP contribution in [0.4, 0.5) is 23.7 Å². The Morgan fingerprint density at radius 1 is 1.14 bits per heavy atom. The summed E-state index contributed by atoms with van der Waals surface area (Å²) in [7, 11) is 0. The number of anilines is 1. The molecule has 29 heavy (non-hydrogen) atoms. The quantitative estimate of drug-likeness (QED) is 0.719. The standard InChI is InChI=1S/C19H22F3N5OS/c1-18(2,29-15-3-4-16(23-12-15)19(20,21)22)13-6-9-27(10-7-13)17(28)26-14-5-8-24-25-11-14/h3-5,8,11-13H,6-7,9-10H2,1-2H3,(H,24,26,28). The van der Waals surface area contributed by atoms with Crippen molar-refractivity contribution in [2.45, 2.75) is 42.5 Å². The minimum Gasteiger partial charge on any atom is -0.325 e. The number of hydrogen-bond donors (Lipinski definition) is 1. The van der Waals surface area contributed by atoms with Crippen molar-refractivity contribution in [3.63, 3.8) is 0 Å². The third kappa shape index (κ3) is 5.59. The first-order valence-electron chi connectivity index (χ1n) is 9.20. The van der Waals surface area contributed by atoms with Gasteiger partial charge in [-0.15, -0.1) is 11.8 Å². The Hall–Kier alpha value is -2.36. The predicted molar refractivity (Wildman–Crippen MR) is 105 cm³/mol. The number of carbonyl (C=O) groups excluding carboxylic acids is 1. The number of piperidine rings is 1. The second-order valence-corrected chi connectivity index (χ2v) is 9.13. The minimum atomic E-state index is -4.43. The third-order valence-electron chi connectivity index (χ3n) is 5.01. The van der Waals surface area contributed by atoms with Crippen molar-refractivity contribution in [1.82, 2.24) is 20.1 Å². The number of alkyl halides is 3. The van der Waals surface area contributed by atoms with Crippen LogP contribution in [0.3, 0.4) is 0 Å². The van der Waals surface area contributed by atoms with E-state index < -0.39 is 11.9 Å². The molecule has 2 aromatic heterocycles. The molecule has 1 N–H and O–H groups in total. The fourth-order valence-electron chi connectivity index (χ4n) is 3.34. The predicted octanol–water partition coefficient (Wildman–Crippen LogP) is 4.71. The monoisotopic (exact) mass is 425 g/mol. The summed E-state index contributed by atoms with van der Waals surface area (Å²) in [6.45, 7) is 5.39. The zero-order chi connectivity index (χ0) is 21.1. The van der Waals surface area contributed by atoms with E-state index in [1.165, 1.54) is 36.4 Å². The lowest BCUT2D eigenvalue weighted by Gasteiger charge is -2.40.